The monoisotopic (exact) mass is 417 g/mol. The van der Waals surface area contributed by atoms with Crippen LogP contribution in [0.15, 0.2) is 42.5 Å². The van der Waals surface area contributed by atoms with Crippen molar-refractivity contribution >= 4 is 17.5 Å². The van der Waals surface area contributed by atoms with Crippen molar-refractivity contribution in [3.8, 4) is 11.5 Å². The number of carbonyl (C=O) groups is 1. The van der Waals surface area contributed by atoms with Gasteiger partial charge in [-0.3, -0.25) is 9.69 Å². The predicted molar refractivity (Wildman–Crippen MR) is 115 cm³/mol. The largest absolute Gasteiger partial charge is 0.496 e. The Morgan fingerprint density at radius 1 is 1.10 bits per heavy atom. The van der Waals surface area contributed by atoms with Gasteiger partial charge in [0.1, 0.15) is 11.3 Å². The molecule has 0 radical (unpaired) electrons. The number of amides is 1. The van der Waals surface area contributed by atoms with Gasteiger partial charge >= 0.3 is 0 Å². The number of nitrogens with zero attached hydrogens (tertiary/aromatic N) is 2. The zero-order valence-corrected chi connectivity index (χ0v) is 17.9. The second kappa shape index (κ2) is 9.96. The summed E-state index contributed by atoms with van der Waals surface area (Å²) in [7, 11) is 5.10. The van der Waals surface area contributed by atoms with E-state index < -0.39 is 0 Å². The van der Waals surface area contributed by atoms with E-state index in [4.69, 9.17) is 21.1 Å². The van der Waals surface area contributed by atoms with Gasteiger partial charge in [-0.05, 0) is 24.7 Å². The zero-order chi connectivity index (χ0) is 20.8. The third-order valence-corrected chi connectivity index (χ3v) is 5.41. The Labute approximate surface area is 177 Å². The van der Waals surface area contributed by atoms with E-state index in [1.807, 2.05) is 6.07 Å². The molecule has 1 aliphatic rings. The molecule has 1 unspecified atom stereocenters. The summed E-state index contributed by atoms with van der Waals surface area (Å²) in [6.45, 7) is 4.27. The van der Waals surface area contributed by atoms with Crippen LogP contribution in [-0.2, 0) is 6.54 Å². The summed E-state index contributed by atoms with van der Waals surface area (Å²) in [5.41, 5.74) is 1.59. The lowest BCUT2D eigenvalue weighted by Gasteiger charge is -2.25. The number of methoxy groups -OCH3 is 2. The lowest BCUT2D eigenvalue weighted by molar-refractivity contribution is 0.0917. The van der Waals surface area contributed by atoms with Crippen LogP contribution in [0.2, 0.25) is 5.02 Å². The molecule has 1 aliphatic heterocycles. The van der Waals surface area contributed by atoms with Crippen molar-refractivity contribution in [1.29, 1.82) is 0 Å². The van der Waals surface area contributed by atoms with E-state index in [0.29, 0.717) is 22.1 Å². The Morgan fingerprint density at radius 3 is 2.55 bits per heavy atom. The lowest BCUT2D eigenvalue weighted by atomic mass is 10.1. The first-order chi connectivity index (χ1) is 14.0. The van der Waals surface area contributed by atoms with Crippen LogP contribution in [0.4, 0.5) is 0 Å². The molecule has 1 fully saturated rings. The van der Waals surface area contributed by atoms with Crippen molar-refractivity contribution in [3.05, 3.63) is 58.6 Å². The molecule has 0 bridgehead atoms. The highest BCUT2D eigenvalue weighted by Gasteiger charge is 2.27. The topological polar surface area (TPSA) is 54.0 Å². The normalized spacial score (nSPS) is 18.1. The summed E-state index contributed by atoms with van der Waals surface area (Å²) in [5.74, 6) is 0.514. The number of halogens is 1. The van der Waals surface area contributed by atoms with Gasteiger partial charge < -0.3 is 19.7 Å². The molecule has 0 aliphatic carbocycles. The quantitative estimate of drug-likeness (QED) is 0.783. The first-order valence-electron chi connectivity index (χ1n) is 9.68. The Bertz CT molecular complexity index is 832. The van der Waals surface area contributed by atoms with Crippen molar-refractivity contribution < 1.29 is 14.3 Å². The second-order valence-corrected chi connectivity index (χ2v) is 7.72. The summed E-state index contributed by atoms with van der Waals surface area (Å²) in [6.07, 6.45) is 0. The fraction of sp³-hybridized carbons (Fsp3) is 0.409. The molecule has 29 heavy (non-hydrogen) atoms. The number of likely N-dealkylation sites (N-methyl/N-ethyl adjacent to an activating group) is 1. The van der Waals surface area contributed by atoms with E-state index in [9.17, 15) is 4.79 Å². The van der Waals surface area contributed by atoms with Crippen LogP contribution in [0.5, 0.6) is 11.5 Å². The smallest absolute Gasteiger partial charge is 0.259 e. The number of hydrogen-bond acceptors (Lipinski definition) is 5. The van der Waals surface area contributed by atoms with Gasteiger partial charge in [-0.15, -0.1) is 0 Å². The van der Waals surface area contributed by atoms with Gasteiger partial charge in [0.25, 0.3) is 5.91 Å². The number of benzene rings is 2. The Balaban J connectivity index is 1.77. The number of nitrogens with one attached hydrogen (secondary N) is 1. The molecule has 2 aromatic carbocycles. The minimum Gasteiger partial charge on any atom is -0.496 e. The first-order valence-corrected chi connectivity index (χ1v) is 10.1. The number of carbonyl (C=O) groups excluding carboxylic acids is 1. The molecule has 2 aromatic rings. The summed E-state index contributed by atoms with van der Waals surface area (Å²) in [6, 6.07) is 13.7. The van der Waals surface area contributed by atoms with Gasteiger partial charge in [0.2, 0.25) is 0 Å². The molecular weight excluding hydrogens is 390 g/mol. The average molecular weight is 418 g/mol. The maximum atomic E-state index is 13.1. The maximum Gasteiger partial charge on any atom is 0.259 e. The van der Waals surface area contributed by atoms with Crippen molar-refractivity contribution in [3.63, 3.8) is 0 Å². The standard InChI is InChI=1S/C22H28ClN3O3/c1-25-11-12-26(13-16-7-5-4-6-8-16)15-17(14-25)24-22(27)20-19(28-2)10-9-18(23)21(20)29-3/h4-10,17H,11-15H2,1-3H3,(H,24,27). The molecule has 6 nitrogen and oxygen atoms in total. The molecule has 0 saturated carbocycles. The van der Waals surface area contributed by atoms with Gasteiger partial charge in [0.05, 0.1) is 25.3 Å². The van der Waals surface area contributed by atoms with Gasteiger partial charge in [0.15, 0.2) is 5.75 Å². The highest BCUT2D eigenvalue weighted by Crippen LogP contribution is 2.35. The molecule has 7 heteroatoms. The van der Waals surface area contributed by atoms with Crippen LogP contribution in [0.3, 0.4) is 0 Å². The summed E-state index contributed by atoms with van der Waals surface area (Å²) in [4.78, 5) is 17.8. The van der Waals surface area contributed by atoms with Crippen molar-refractivity contribution in [2.24, 2.45) is 0 Å². The van der Waals surface area contributed by atoms with Crippen LogP contribution in [0.25, 0.3) is 0 Å². The van der Waals surface area contributed by atoms with Crippen molar-refractivity contribution in [2.75, 3.05) is 47.4 Å². The maximum absolute atomic E-state index is 13.1. The molecule has 0 aromatic heterocycles. The molecule has 1 N–H and O–H groups in total. The van der Waals surface area contributed by atoms with Crippen LogP contribution < -0.4 is 14.8 Å². The fourth-order valence-electron chi connectivity index (χ4n) is 3.70. The van der Waals surface area contributed by atoms with Gasteiger partial charge in [-0.1, -0.05) is 41.9 Å². The van der Waals surface area contributed by atoms with Crippen LogP contribution in [0.1, 0.15) is 15.9 Å². The summed E-state index contributed by atoms with van der Waals surface area (Å²) in [5, 5.41) is 3.53. The van der Waals surface area contributed by atoms with Gasteiger partial charge in [-0.2, -0.15) is 0 Å². The summed E-state index contributed by atoms with van der Waals surface area (Å²) >= 11 is 6.23. The molecule has 3 rings (SSSR count). The highest BCUT2D eigenvalue weighted by molar-refractivity contribution is 6.32. The van der Waals surface area contributed by atoms with E-state index in [-0.39, 0.29) is 11.9 Å². The number of hydrogen-bond donors (Lipinski definition) is 1. The Kier molecular flexibility index (Phi) is 7.36. The van der Waals surface area contributed by atoms with Gasteiger partial charge in [0, 0.05) is 32.7 Å². The third kappa shape index (κ3) is 5.41. The third-order valence-electron chi connectivity index (χ3n) is 5.12. The number of rotatable bonds is 6. The minimum atomic E-state index is -0.249. The van der Waals surface area contributed by atoms with E-state index >= 15 is 0 Å². The van der Waals surface area contributed by atoms with Gasteiger partial charge in [-0.25, -0.2) is 0 Å². The van der Waals surface area contributed by atoms with Crippen molar-refractivity contribution in [1.82, 2.24) is 15.1 Å². The predicted octanol–water partition coefficient (Wildman–Crippen LogP) is 2.90. The molecule has 0 spiro atoms. The summed E-state index contributed by atoms with van der Waals surface area (Å²) < 4.78 is 10.8. The molecule has 1 amide bonds. The molecule has 1 saturated heterocycles. The van der Waals surface area contributed by atoms with Crippen LogP contribution >= 0.6 is 11.6 Å². The van der Waals surface area contributed by atoms with E-state index in [2.05, 4.69) is 46.4 Å². The molecule has 156 valence electrons. The van der Waals surface area contributed by atoms with Crippen LogP contribution in [-0.4, -0.2) is 69.2 Å². The average Bonchev–Trinajstić information content (AvgIpc) is 2.89. The molecule has 1 atom stereocenters. The van der Waals surface area contributed by atoms with E-state index in [1.54, 1.807) is 12.1 Å². The highest BCUT2D eigenvalue weighted by atomic mass is 35.5. The first kappa shape index (κ1) is 21.4. The van der Waals surface area contributed by atoms with E-state index in [1.165, 1.54) is 19.8 Å². The fourth-order valence-corrected chi connectivity index (χ4v) is 3.93. The Morgan fingerprint density at radius 2 is 1.86 bits per heavy atom. The SMILES string of the molecule is COc1ccc(Cl)c(OC)c1C(=O)NC1CN(C)CCN(Cc2ccccc2)C1. The van der Waals surface area contributed by atoms with Crippen molar-refractivity contribution in [2.45, 2.75) is 12.6 Å². The molecule has 1 heterocycles. The zero-order valence-electron chi connectivity index (χ0n) is 17.2. The second-order valence-electron chi connectivity index (χ2n) is 7.31. The number of ether oxygens (including phenoxy) is 2. The van der Waals surface area contributed by atoms with Crippen LogP contribution in [0, 0.1) is 0 Å². The minimum absolute atomic E-state index is 0.0351. The Hall–Kier alpha value is -2.28. The lowest BCUT2D eigenvalue weighted by Crippen LogP contribution is -2.46. The molecular formula is C22H28ClN3O3. The van der Waals surface area contributed by atoms with E-state index in [0.717, 1.165) is 32.7 Å².